The summed E-state index contributed by atoms with van der Waals surface area (Å²) in [6.45, 7) is 1.96. The minimum Gasteiger partial charge on any atom is -0.497 e. The Morgan fingerprint density at radius 2 is 1.57 bits per heavy atom. The predicted molar refractivity (Wildman–Crippen MR) is 81.3 cm³/mol. The van der Waals surface area contributed by atoms with Crippen LogP contribution in [0.3, 0.4) is 0 Å². The molecule has 0 spiro atoms. The van der Waals surface area contributed by atoms with Crippen LogP contribution < -0.4 is 14.2 Å². The molecule has 0 heterocycles. The summed E-state index contributed by atoms with van der Waals surface area (Å²) in [7, 11) is 4.78. The third-order valence-electron chi connectivity index (χ3n) is 3.48. The molecule has 0 amide bonds. The SMILES string of the molecule is COc1ccc(OC)c(C(O)c2ccc(C)c(OC)c2)c1. The highest BCUT2D eigenvalue weighted by molar-refractivity contribution is 5.47. The molecule has 1 N–H and O–H groups in total. The summed E-state index contributed by atoms with van der Waals surface area (Å²) in [6, 6.07) is 11.0. The maximum absolute atomic E-state index is 10.6. The molecule has 4 nitrogen and oxygen atoms in total. The van der Waals surface area contributed by atoms with E-state index in [1.54, 1.807) is 39.5 Å². The molecule has 0 aromatic heterocycles. The zero-order valence-electron chi connectivity index (χ0n) is 12.7. The first-order chi connectivity index (χ1) is 10.1. The van der Waals surface area contributed by atoms with Crippen molar-refractivity contribution in [2.24, 2.45) is 0 Å². The van der Waals surface area contributed by atoms with Crippen LogP contribution in [-0.2, 0) is 0 Å². The van der Waals surface area contributed by atoms with Gasteiger partial charge in [-0.25, -0.2) is 0 Å². The quantitative estimate of drug-likeness (QED) is 0.918. The van der Waals surface area contributed by atoms with Crippen LogP contribution in [0.2, 0.25) is 0 Å². The molecule has 0 saturated heterocycles. The van der Waals surface area contributed by atoms with Crippen molar-refractivity contribution in [2.45, 2.75) is 13.0 Å². The van der Waals surface area contributed by atoms with Crippen molar-refractivity contribution in [1.29, 1.82) is 0 Å². The van der Waals surface area contributed by atoms with Crippen LogP contribution in [0.1, 0.15) is 22.8 Å². The number of ether oxygens (including phenoxy) is 3. The Bertz CT molecular complexity index is 622. The van der Waals surface area contributed by atoms with Gasteiger partial charge < -0.3 is 19.3 Å². The number of hydrogen-bond donors (Lipinski definition) is 1. The first kappa shape index (κ1) is 15.2. The first-order valence-corrected chi connectivity index (χ1v) is 6.65. The van der Waals surface area contributed by atoms with E-state index in [0.717, 1.165) is 16.9 Å². The predicted octanol–water partition coefficient (Wildman–Crippen LogP) is 3.10. The van der Waals surface area contributed by atoms with E-state index in [0.29, 0.717) is 17.1 Å². The van der Waals surface area contributed by atoms with Crippen molar-refractivity contribution in [3.63, 3.8) is 0 Å². The van der Waals surface area contributed by atoms with E-state index in [1.807, 2.05) is 25.1 Å². The maximum Gasteiger partial charge on any atom is 0.125 e. The van der Waals surface area contributed by atoms with E-state index in [4.69, 9.17) is 14.2 Å². The molecule has 0 aliphatic rings. The molecule has 0 radical (unpaired) electrons. The molecule has 0 bridgehead atoms. The van der Waals surface area contributed by atoms with E-state index in [1.165, 1.54) is 0 Å². The molecule has 2 aromatic rings. The number of methoxy groups -OCH3 is 3. The fourth-order valence-electron chi connectivity index (χ4n) is 2.24. The molecule has 2 rings (SSSR count). The molecule has 1 unspecified atom stereocenters. The smallest absolute Gasteiger partial charge is 0.125 e. The van der Waals surface area contributed by atoms with Crippen LogP contribution in [0.4, 0.5) is 0 Å². The van der Waals surface area contributed by atoms with Crippen molar-refractivity contribution in [3.8, 4) is 17.2 Å². The van der Waals surface area contributed by atoms with Crippen LogP contribution in [-0.4, -0.2) is 26.4 Å². The molecule has 21 heavy (non-hydrogen) atoms. The van der Waals surface area contributed by atoms with Crippen LogP contribution in [0.15, 0.2) is 36.4 Å². The normalized spacial score (nSPS) is 11.9. The van der Waals surface area contributed by atoms with Gasteiger partial charge in [0.15, 0.2) is 0 Å². The highest BCUT2D eigenvalue weighted by Crippen LogP contribution is 2.34. The van der Waals surface area contributed by atoms with Crippen molar-refractivity contribution < 1.29 is 19.3 Å². The lowest BCUT2D eigenvalue weighted by atomic mass is 9.99. The van der Waals surface area contributed by atoms with Crippen LogP contribution in [0, 0.1) is 6.92 Å². The van der Waals surface area contributed by atoms with Gasteiger partial charge in [-0.15, -0.1) is 0 Å². The summed E-state index contributed by atoms with van der Waals surface area (Å²) in [5.41, 5.74) is 2.41. The summed E-state index contributed by atoms with van der Waals surface area (Å²) in [5, 5.41) is 10.6. The second-order valence-corrected chi connectivity index (χ2v) is 4.74. The molecule has 0 saturated carbocycles. The molecule has 0 aliphatic heterocycles. The van der Waals surface area contributed by atoms with Crippen molar-refractivity contribution >= 4 is 0 Å². The lowest BCUT2D eigenvalue weighted by molar-refractivity contribution is 0.213. The highest BCUT2D eigenvalue weighted by atomic mass is 16.5. The van der Waals surface area contributed by atoms with E-state index in [2.05, 4.69) is 0 Å². The molecular weight excluding hydrogens is 268 g/mol. The summed E-state index contributed by atoms with van der Waals surface area (Å²) in [4.78, 5) is 0. The fraction of sp³-hybridized carbons (Fsp3) is 0.294. The third kappa shape index (κ3) is 3.11. The monoisotopic (exact) mass is 288 g/mol. The molecule has 4 heteroatoms. The van der Waals surface area contributed by atoms with E-state index < -0.39 is 6.10 Å². The maximum atomic E-state index is 10.6. The van der Waals surface area contributed by atoms with Gasteiger partial charge in [0.05, 0.1) is 21.3 Å². The Morgan fingerprint density at radius 3 is 2.19 bits per heavy atom. The third-order valence-corrected chi connectivity index (χ3v) is 3.48. The van der Waals surface area contributed by atoms with Gasteiger partial charge in [-0.05, 0) is 42.3 Å². The van der Waals surface area contributed by atoms with Gasteiger partial charge in [0.1, 0.15) is 23.4 Å². The molecule has 2 aromatic carbocycles. The number of aliphatic hydroxyl groups excluding tert-OH is 1. The largest absolute Gasteiger partial charge is 0.497 e. The first-order valence-electron chi connectivity index (χ1n) is 6.65. The number of hydrogen-bond acceptors (Lipinski definition) is 4. The highest BCUT2D eigenvalue weighted by Gasteiger charge is 2.17. The lowest BCUT2D eigenvalue weighted by Crippen LogP contribution is -2.04. The number of aliphatic hydroxyl groups is 1. The van der Waals surface area contributed by atoms with Crippen molar-refractivity contribution in [1.82, 2.24) is 0 Å². The number of rotatable bonds is 5. The van der Waals surface area contributed by atoms with Gasteiger partial charge in [-0.2, -0.15) is 0 Å². The minimum absolute atomic E-state index is 0.614. The van der Waals surface area contributed by atoms with E-state index in [-0.39, 0.29) is 0 Å². The molecular formula is C17H20O4. The Morgan fingerprint density at radius 1 is 0.857 bits per heavy atom. The fourth-order valence-corrected chi connectivity index (χ4v) is 2.24. The molecule has 0 aliphatic carbocycles. The van der Waals surface area contributed by atoms with Gasteiger partial charge in [0, 0.05) is 5.56 Å². The van der Waals surface area contributed by atoms with Gasteiger partial charge >= 0.3 is 0 Å². The second kappa shape index (κ2) is 6.50. The minimum atomic E-state index is -0.815. The summed E-state index contributed by atoms with van der Waals surface area (Å²) in [5.74, 6) is 2.03. The van der Waals surface area contributed by atoms with Gasteiger partial charge in [-0.3, -0.25) is 0 Å². The summed E-state index contributed by atoms with van der Waals surface area (Å²) in [6.07, 6.45) is -0.815. The molecule has 112 valence electrons. The second-order valence-electron chi connectivity index (χ2n) is 4.74. The van der Waals surface area contributed by atoms with Crippen LogP contribution in [0.25, 0.3) is 0 Å². The van der Waals surface area contributed by atoms with Crippen molar-refractivity contribution in [2.75, 3.05) is 21.3 Å². The Labute approximate surface area is 124 Å². The Balaban J connectivity index is 2.45. The Hall–Kier alpha value is -2.20. The van der Waals surface area contributed by atoms with E-state index >= 15 is 0 Å². The number of aryl methyl sites for hydroxylation is 1. The van der Waals surface area contributed by atoms with Crippen molar-refractivity contribution in [3.05, 3.63) is 53.1 Å². The van der Waals surface area contributed by atoms with Gasteiger partial charge in [0.2, 0.25) is 0 Å². The average molecular weight is 288 g/mol. The van der Waals surface area contributed by atoms with Gasteiger partial charge in [0.25, 0.3) is 0 Å². The van der Waals surface area contributed by atoms with Gasteiger partial charge in [-0.1, -0.05) is 12.1 Å². The average Bonchev–Trinajstić information content (AvgIpc) is 2.54. The standard InChI is InChI=1S/C17H20O4/c1-11-5-6-12(9-16(11)21-4)17(18)14-10-13(19-2)7-8-15(14)20-3/h5-10,17-18H,1-4H3. The molecule has 0 fully saturated rings. The summed E-state index contributed by atoms with van der Waals surface area (Å²) >= 11 is 0. The Kier molecular flexibility index (Phi) is 4.70. The lowest BCUT2D eigenvalue weighted by Gasteiger charge is -2.17. The topological polar surface area (TPSA) is 47.9 Å². The zero-order chi connectivity index (χ0) is 15.4. The summed E-state index contributed by atoms with van der Waals surface area (Å²) < 4.78 is 15.8. The van der Waals surface area contributed by atoms with Crippen LogP contribution >= 0.6 is 0 Å². The molecule has 1 atom stereocenters. The van der Waals surface area contributed by atoms with Crippen LogP contribution in [0.5, 0.6) is 17.2 Å². The zero-order valence-corrected chi connectivity index (χ0v) is 12.7. The number of benzene rings is 2. The van der Waals surface area contributed by atoms with E-state index in [9.17, 15) is 5.11 Å².